The van der Waals surface area contributed by atoms with Gasteiger partial charge in [0.2, 0.25) is 0 Å². The van der Waals surface area contributed by atoms with E-state index in [0.29, 0.717) is 6.04 Å². The molecule has 1 heterocycles. The Kier molecular flexibility index (Phi) is 6.48. The molecule has 0 saturated heterocycles. The van der Waals surface area contributed by atoms with Gasteiger partial charge in [-0.05, 0) is 63.2 Å². The Hall–Kier alpha value is -2.10. The van der Waals surface area contributed by atoms with Crippen LogP contribution in [0, 0.1) is 0 Å². The zero-order valence-corrected chi connectivity index (χ0v) is 16.2. The van der Waals surface area contributed by atoms with E-state index in [0.717, 1.165) is 47.5 Å². The van der Waals surface area contributed by atoms with Crippen LogP contribution in [-0.4, -0.2) is 29.5 Å². The van der Waals surface area contributed by atoms with Crippen molar-refractivity contribution in [3.05, 3.63) is 71.4 Å². The smallest absolute Gasteiger partial charge is 0.0737 e. The van der Waals surface area contributed by atoms with Gasteiger partial charge in [-0.2, -0.15) is 0 Å². The monoisotopic (exact) mass is 367 g/mol. The van der Waals surface area contributed by atoms with Gasteiger partial charge in [-0.15, -0.1) is 0 Å². The van der Waals surface area contributed by atoms with Crippen molar-refractivity contribution in [2.45, 2.75) is 32.4 Å². The predicted octanol–water partition coefficient (Wildman–Crippen LogP) is 5.60. The van der Waals surface area contributed by atoms with E-state index in [1.165, 1.54) is 5.56 Å². The number of halogens is 1. The minimum Gasteiger partial charge on any atom is -0.382 e. The van der Waals surface area contributed by atoms with Crippen molar-refractivity contribution in [3.8, 4) is 0 Å². The number of benzene rings is 2. The van der Waals surface area contributed by atoms with E-state index in [9.17, 15) is 0 Å². The molecule has 0 spiro atoms. The van der Waals surface area contributed by atoms with Crippen molar-refractivity contribution in [2.24, 2.45) is 0 Å². The minimum absolute atomic E-state index is 0.404. The van der Waals surface area contributed by atoms with Gasteiger partial charge in [0.15, 0.2) is 0 Å². The number of nitrogens with zero attached hydrogens (tertiary/aromatic N) is 2. The molecule has 0 aliphatic rings. The summed E-state index contributed by atoms with van der Waals surface area (Å²) in [5.74, 6) is 0. The molecule has 0 aliphatic carbocycles. The third kappa shape index (κ3) is 5.20. The Balaban J connectivity index is 1.49. The molecule has 0 amide bonds. The topological polar surface area (TPSA) is 28.2 Å². The predicted molar refractivity (Wildman–Crippen MR) is 112 cm³/mol. The van der Waals surface area contributed by atoms with Gasteiger partial charge in [-0.25, -0.2) is 0 Å². The first-order chi connectivity index (χ1) is 12.6. The lowest BCUT2D eigenvalue weighted by atomic mass is 10.1. The Morgan fingerprint density at radius 3 is 2.73 bits per heavy atom. The van der Waals surface area contributed by atoms with Crippen LogP contribution in [0.5, 0.6) is 0 Å². The summed E-state index contributed by atoms with van der Waals surface area (Å²) in [5, 5.41) is 5.46. The molecular weight excluding hydrogens is 342 g/mol. The SMILES string of the molecule is C[C@H](CCCN(C)Cc1ccccc1)Nc1ccnc2cc(Cl)ccc12. The fourth-order valence-corrected chi connectivity index (χ4v) is 3.39. The molecule has 3 rings (SSSR count). The first-order valence-corrected chi connectivity index (χ1v) is 9.53. The maximum absolute atomic E-state index is 6.07. The summed E-state index contributed by atoms with van der Waals surface area (Å²) in [4.78, 5) is 6.78. The van der Waals surface area contributed by atoms with E-state index < -0.39 is 0 Å². The molecule has 1 N–H and O–H groups in total. The molecule has 1 atom stereocenters. The van der Waals surface area contributed by atoms with E-state index in [4.69, 9.17) is 11.6 Å². The molecule has 136 valence electrons. The van der Waals surface area contributed by atoms with E-state index >= 15 is 0 Å². The highest BCUT2D eigenvalue weighted by Gasteiger charge is 2.07. The lowest BCUT2D eigenvalue weighted by Crippen LogP contribution is -2.22. The Morgan fingerprint density at radius 2 is 1.92 bits per heavy atom. The van der Waals surface area contributed by atoms with E-state index in [2.05, 4.69) is 59.5 Å². The van der Waals surface area contributed by atoms with Crippen LogP contribution >= 0.6 is 11.6 Å². The quantitative estimate of drug-likeness (QED) is 0.561. The molecule has 0 saturated carbocycles. The molecule has 0 radical (unpaired) electrons. The van der Waals surface area contributed by atoms with Crippen LogP contribution in [0.2, 0.25) is 5.02 Å². The second-order valence-corrected chi connectivity index (χ2v) is 7.37. The van der Waals surface area contributed by atoms with Crippen LogP contribution in [0.15, 0.2) is 60.8 Å². The third-order valence-corrected chi connectivity index (χ3v) is 4.81. The largest absolute Gasteiger partial charge is 0.382 e. The van der Waals surface area contributed by atoms with Crippen LogP contribution in [0.1, 0.15) is 25.3 Å². The van der Waals surface area contributed by atoms with Gasteiger partial charge in [0.05, 0.1) is 5.52 Å². The highest BCUT2D eigenvalue weighted by Crippen LogP contribution is 2.25. The first-order valence-electron chi connectivity index (χ1n) is 9.15. The van der Waals surface area contributed by atoms with E-state index in [-0.39, 0.29) is 0 Å². The summed E-state index contributed by atoms with van der Waals surface area (Å²) in [5.41, 5.74) is 3.41. The lowest BCUT2D eigenvalue weighted by molar-refractivity contribution is 0.316. The van der Waals surface area contributed by atoms with Crippen molar-refractivity contribution in [1.82, 2.24) is 9.88 Å². The molecule has 3 aromatic rings. The number of hydrogen-bond donors (Lipinski definition) is 1. The summed E-state index contributed by atoms with van der Waals surface area (Å²) in [6.07, 6.45) is 4.12. The zero-order valence-electron chi connectivity index (χ0n) is 15.5. The number of aromatic nitrogens is 1. The molecular formula is C22H26ClN3. The second kappa shape index (κ2) is 9.02. The van der Waals surface area contributed by atoms with E-state index in [1.54, 1.807) is 0 Å². The summed E-state index contributed by atoms with van der Waals surface area (Å²) in [6.45, 7) is 4.32. The van der Waals surface area contributed by atoms with Gasteiger partial charge < -0.3 is 10.2 Å². The first kappa shape index (κ1) is 18.7. The highest BCUT2D eigenvalue weighted by atomic mass is 35.5. The number of pyridine rings is 1. The fraction of sp³-hybridized carbons (Fsp3) is 0.318. The summed E-state index contributed by atoms with van der Waals surface area (Å²) in [7, 11) is 2.19. The number of nitrogens with one attached hydrogen (secondary N) is 1. The number of hydrogen-bond acceptors (Lipinski definition) is 3. The molecule has 3 nitrogen and oxygen atoms in total. The van der Waals surface area contributed by atoms with E-state index in [1.807, 2.05) is 30.5 Å². The van der Waals surface area contributed by atoms with Crippen molar-refractivity contribution >= 4 is 28.2 Å². The standard InChI is InChI=1S/C22H26ClN3/c1-17(7-6-14-26(2)16-18-8-4-3-5-9-18)25-21-12-13-24-22-15-19(23)10-11-20(21)22/h3-5,8-13,15,17H,6-7,14,16H2,1-2H3,(H,24,25)/t17-/m1/s1. The van der Waals surface area contributed by atoms with Gasteiger partial charge in [-0.3, -0.25) is 4.98 Å². The van der Waals surface area contributed by atoms with Crippen molar-refractivity contribution in [2.75, 3.05) is 18.9 Å². The normalized spacial score (nSPS) is 12.5. The molecule has 26 heavy (non-hydrogen) atoms. The maximum atomic E-state index is 6.07. The average Bonchev–Trinajstić information content (AvgIpc) is 2.62. The zero-order chi connectivity index (χ0) is 18.4. The van der Waals surface area contributed by atoms with Gasteiger partial charge in [0.25, 0.3) is 0 Å². The fourth-order valence-electron chi connectivity index (χ4n) is 3.23. The molecule has 0 aliphatic heterocycles. The highest BCUT2D eigenvalue weighted by molar-refractivity contribution is 6.31. The number of fused-ring (bicyclic) bond motifs is 1. The average molecular weight is 368 g/mol. The van der Waals surface area contributed by atoms with Crippen LogP contribution in [0.3, 0.4) is 0 Å². The van der Waals surface area contributed by atoms with Crippen LogP contribution in [0.4, 0.5) is 5.69 Å². The van der Waals surface area contributed by atoms with Crippen molar-refractivity contribution < 1.29 is 0 Å². The van der Waals surface area contributed by atoms with Crippen LogP contribution in [-0.2, 0) is 6.54 Å². The lowest BCUT2D eigenvalue weighted by Gasteiger charge is -2.20. The van der Waals surface area contributed by atoms with Crippen molar-refractivity contribution in [3.63, 3.8) is 0 Å². The maximum Gasteiger partial charge on any atom is 0.0737 e. The molecule has 4 heteroatoms. The van der Waals surface area contributed by atoms with Crippen molar-refractivity contribution in [1.29, 1.82) is 0 Å². The number of anilines is 1. The van der Waals surface area contributed by atoms with Gasteiger partial charge in [0.1, 0.15) is 0 Å². The minimum atomic E-state index is 0.404. The Morgan fingerprint density at radius 1 is 1.12 bits per heavy atom. The molecule has 1 aromatic heterocycles. The molecule has 0 fully saturated rings. The summed E-state index contributed by atoms with van der Waals surface area (Å²) < 4.78 is 0. The Bertz CT molecular complexity index is 835. The van der Waals surface area contributed by atoms with Gasteiger partial charge >= 0.3 is 0 Å². The molecule has 0 unspecified atom stereocenters. The number of rotatable bonds is 8. The second-order valence-electron chi connectivity index (χ2n) is 6.93. The molecule has 0 bridgehead atoms. The van der Waals surface area contributed by atoms with Crippen LogP contribution < -0.4 is 5.32 Å². The molecule has 2 aromatic carbocycles. The Labute approximate surface area is 161 Å². The van der Waals surface area contributed by atoms with Crippen LogP contribution in [0.25, 0.3) is 10.9 Å². The summed E-state index contributed by atoms with van der Waals surface area (Å²) >= 11 is 6.07. The third-order valence-electron chi connectivity index (χ3n) is 4.58. The van der Waals surface area contributed by atoms with Gasteiger partial charge in [-0.1, -0.05) is 41.9 Å². The summed E-state index contributed by atoms with van der Waals surface area (Å²) in [6, 6.07) is 18.9. The van der Waals surface area contributed by atoms with Gasteiger partial charge in [0, 0.05) is 34.9 Å².